The molecule has 9 nitrogen and oxygen atoms in total. The lowest BCUT2D eigenvalue weighted by Gasteiger charge is -2.19. The Labute approximate surface area is 420 Å². The maximum Gasteiger partial charge on any atom is 0.333 e. The molecule has 0 saturated heterocycles. The molecule has 2 N–H and O–H groups in total. The lowest BCUT2D eigenvalue weighted by molar-refractivity contribution is -0.139. The van der Waals surface area contributed by atoms with Crippen LogP contribution in [0.15, 0.2) is 152 Å². The first-order valence-electron chi connectivity index (χ1n) is 25.6. The van der Waals surface area contributed by atoms with E-state index in [-0.39, 0.29) is 17.5 Å². The zero-order valence-corrected chi connectivity index (χ0v) is 41.7. The number of unbranched alkanes of at least 4 members (excludes halogenated alkanes) is 9. The lowest BCUT2D eigenvalue weighted by atomic mass is 9.98. The quantitative estimate of drug-likeness (QED) is 0.0295. The minimum absolute atomic E-state index is 0.0222. The Kier molecular flexibility index (Phi) is 19.4. The van der Waals surface area contributed by atoms with Gasteiger partial charge in [0.25, 0.3) is 0 Å². The van der Waals surface area contributed by atoms with Gasteiger partial charge in [0.2, 0.25) is 0 Å². The number of benzene rings is 6. The lowest BCUT2D eigenvalue weighted by Crippen LogP contribution is -2.12. The Bertz CT molecular complexity index is 2680. The second-order valence-electron chi connectivity index (χ2n) is 18.4. The third kappa shape index (κ3) is 14.9. The Morgan fingerprint density at radius 3 is 1.54 bits per heavy atom. The van der Waals surface area contributed by atoms with Crippen molar-refractivity contribution in [2.24, 2.45) is 5.92 Å². The second kappa shape index (κ2) is 26.6. The molecule has 368 valence electrons. The highest BCUT2D eigenvalue weighted by Gasteiger charge is 2.22. The Balaban J connectivity index is 1.12. The SMILES string of the molecule is C=C(C)C(=O)OCCCCCCCCCCCOc1ccc(-c2cc(-c3nc(-c4ccc(-c5ccccc5)cc4)nc(-c4ccc(-c5ccccc5)cc4)n3)c(OCC(CC)CCCC)cc2O)c(O)c1. The highest BCUT2D eigenvalue weighted by atomic mass is 16.5. The molecule has 7 rings (SSSR count). The summed E-state index contributed by atoms with van der Waals surface area (Å²) in [5.41, 5.74) is 7.88. The molecule has 0 radical (unpaired) electrons. The number of aromatic hydroxyl groups is 2. The van der Waals surface area contributed by atoms with Gasteiger partial charge in [0.1, 0.15) is 23.0 Å². The van der Waals surface area contributed by atoms with Crippen molar-refractivity contribution in [3.63, 3.8) is 0 Å². The van der Waals surface area contributed by atoms with Crippen LogP contribution >= 0.6 is 0 Å². The molecule has 9 heteroatoms. The predicted octanol–water partition coefficient (Wildman–Crippen LogP) is 15.9. The van der Waals surface area contributed by atoms with Crippen molar-refractivity contribution in [2.45, 2.75) is 104 Å². The molecule has 1 unspecified atom stereocenters. The van der Waals surface area contributed by atoms with Crippen molar-refractivity contribution in [1.29, 1.82) is 0 Å². The molecule has 0 aliphatic rings. The van der Waals surface area contributed by atoms with E-state index in [2.05, 4.69) is 69.0 Å². The van der Waals surface area contributed by atoms with Crippen molar-refractivity contribution < 1.29 is 29.2 Å². The molecule has 0 spiro atoms. The summed E-state index contributed by atoms with van der Waals surface area (Å²) in [5.74, 6) is 2.31. The number of phenols is 2. The highest BCUT2D eigenvalue weighted by Crippen LogP contribution is 2.44. The number of hydrogen-bond donors (Lipinski definition) is 2. The summed E-state index contributed by atoms with van der Waals surface area (Å²) < 4.78 is 17.9. The van der Waals surface area contributed by atoms with Gasteiger partial charge in [0.15, 0.2) is 17.5 Å². The molecule has 0 bridgehead atoms. The number of nitrogens with zero attached hydrogens (tertiary/aromatic N) is 3. The smallest absolute Gasteiger partial charge is 0.333 e. The van der Waals surface area contributed by atoms with Gasteiger partial charge in [-0.1, -0.05) is 194 Å². The van der Waals surface area contributed by atoms with Gasteiger partial charge in [-0.3, -0.25) is 0 Å². The molecule has 0 aliphatic heterocycles. The maximum atomic E-state index is 11.7. The number of rotatable bonds is 27. The zero-order valence-electron chi connectivity index (χ0n) is 41.7. The van der Waals surface area contributed by atoms with Crippen LogP contribution in [0, 0.1) is 5.92 Å². The number of ether oxygens (including phenoxy) is 3. The Morgan fingerprint density at radius 2 is 1.01 bits per heavy atom. The Morgan fingerprint density at radius 1 is 0.521 bits per heavy atom. The standard InChI is InChI=1S/C62H69N3O6/c1-5-7-23-45(6-2)43-71-58-42-57(67)54(53-37-36-52(40-56(53)66)69-38-21-13-11-9-8-10-12-14-22-39-70-62(68)44(3)4)41-55(58)61-64-59(50-32-28-48(29-33-50)46-24-17-15-18-25-46)63-60(65-61)51-34-30-49(31-35-51)47-26-19-16-20-27-47/h15-20,24-37,40-42,45,66-67H,3,5-14,21-23,38-39,43H2,1-2,4H3. The summed E-state index contributed by atoms with van der Waals surface area (Å²) in [6.45, 7) is 11.1. The van der Waals surface area contributed by atoms with Crippen LogP contribution in [-0.4, -0.2) is 51.0 Å². The third-order valence-electron chi connectivity index (χ3n) is 12.9. The first kappa shape index (κ1) is 51.6. The molecular weight excluding hydrogens is 883 g/mol. The molecule has 7 aromatic rings. The molecule has 1 heterocycles. The van der Waals surface area contributed by atoms with Gasteiger partial charge in [-0.05, 0) is 72.6 Å². The van der Waals surface area contributed by atoms with Crippen LogP contribution < -0.4 is 9.47 Å². The first-order chi connectivity index (χ1) is 34.7. The van der Waals surface area contributed by atoms with E-state index in [1.165, 1.54) is 19.3 Å². The van der Waals surface area contributed by atoms with Crippen molar-refractivity contribution >= 4 is 5.97 Å². The molecule has 0 aliphatic carbocycles. The number of hydrogen-bond acceptors (Lipinski definition) is 9. The van der Waals surface area contributed by atoms with E-state index in [0.717, 1.165) is 97.6 Å². The number of phenolic OH excluding ortho intramolecular Hbond substituents is 2. The first-order valence-corrected chi connectivity index (χ1v) is 25.6. The largest absolute Gasteiger partial charge is 0.507 e. The normalized spacial score (nSPS) is 11.5. The van der Waals surface area contributed by atoms with Gasteiger partial charge >= 0.3 is 5.97 Å². The van der Waals surface area contributed by atoms with Crippen LogP contribution in [-0.2, 0) is 9.53 Å². The highest BCUT2D eigenvalue weighted by molar-refractivity contribution is 5.87. The van der Waals surface area contributed by atoms with Crippen molar-refractivity contribution in [1.82, 2.24) is 15.0 Å². The van der Waals surface area contributed by atoms with Gasteiger partial charge in [0.05, 0.1) is 25.4 Å². The fourth-order valence-corrected chi connectivity index (χ4v) is 8.57. The maximum absolute atomic E-state index is 11.7. The number of carbonyl (C=O) groups is 1. The fourth-order valence-electron chi connectivity index (χ4n) is 8.57. The topological polar surface area (TPSA) is 124 Å². The summed E-state index contributed by atoms with van der Waals surface area (Å²) in [5, 5.41) is 23.3. The van der Waals surface area contributed by atoms with Crippen LogP contribution in [0.25, 0.3) is 67.5 Å². The average molecular weight is 952 g/mol. The van der Waals surface area contributed by atoms with Crippen LogP contribution in [0.5, 0.6) is 23.0 Å². The van der Waals surface area contributed by atoms with Crippen LogP contribution in [0.2, 0.25) is 0 Å². The molecular formula is C62H69N3O6. The van der Waals surface area contributed by atoms with Crippen LogP contribution in [0.1, 0.15) is 104 Å². The second-order valence-corrected chi connectivity index (χ2v) is 18.4. The molecule has 0 saturated carbocycles. The number of aromatic nitrogens is 3. The molecule has 71 heavy (non-hydrogen) atoms. The summed E-state index contributed by atoms with van der Waals surface area (Å²) in [4.78, 5) is 26.8. The van der Waals surface area contributed by atoms with E-state index >= 15 is 0 Å². The molecule has 0 fully saturated rings. The predicted molar refractivity (Wildman–Crippen MR) is 287 cm³/mol. The van der Waals surface area contributed by atoms with E-state index in [4.69, 9.17) is 29.2 Å². The van der Waals surface area contributed by atoms with Gasteiger partial charge in [0, 0.05) is 40.0 Å². The average Bonchev–Trinajstić information content (AvgIpc) is 3.40. The van der Waals surface area contributed by atoms with E-state index in [0.29, 0.717) is 77.0 Å². The van der Waals surface area contributed by atoms with E-state index < -0.39 is 0 Å². The van der Waals surface area contributed by atoms with E-state index in [1.54, 1.807) is 25.1 Å². The van der Waals surface area contributed by atoms with Gasteiger partial charge in [-0.15, -0.1) is 0 Å². The van der Waals surface area contributed by atoms with Crippen molar-refractivity contribution in [2.75, 3.05) is 19.8 Å². The van der Waals surface area contributed by atoms with E-state index in [9.17, 15) is 15.0 Å². The molecule has 1 atom stereocenters. The number of carbonyl (C=O) groups excluding carboxylic acids is 1. The van der Waals surface area contributed by atoms with Crippen molar-refractivity contribution in [3.05, 3.63) is 152 Å². The zero-order chi connectivity index (χ0) is 49.8. The summed E-state index contributed by atoms with van der Waals surface area (Å²) in [7, 11) is 0. The molecule has 1 aromatic heterocycles. The number of esters is 1. The van der Waals surface area contributed by atoms with Crippen LogP contribution in [0.4, 0.5) is 0 Å². The monoisotopic (exact) mass is 952 g/mol. The summed E-state index contributed by atoms with van der Waals surface area (Å²) >= 11 is 0. The fraction of sp³-hybridized carbons (Fsp3) is 0.323. The minimum Gasteiger partial charge on any atom is -0.507 e. The van der Waals surface area contributed by atoms with E-state index in [1.807, 2.05) is 72.8 Å². The van der Waals surface area contributed by atoms with Gasteiger partial charge < -0.3 is 24.4 Å². The molecule has 0 amide bonds. The summed E-state index contributed by atoms with van der Waals surface area (Å²) in [6, 6.07) is 45.6. The van der Waals surface area contributed by atoms with Crippen molar-refractivity contribution in [3.8, 4) is 90.5 Å². The van der Waals surface area contributed by atoms with Crippen LogP contribution in [0.3, 0.4) is 0 Å². The minimum atomic E-state index is -0.312. The Hall–Kier alpha value is -7.26. The summed E-state index contributed by atoms with van der Waals surface area (Å²) in [6.07, 6.45) is 13.9. The van der Waals surface area contributed by atoms with Gasteiger partial charge in [-0.2, -0.15) is 0 Å². The third-order valence-corrected chi connectivity index (χ3v) is 12.9. The molecule has 6 aromatic carbocycles. The van der Waals surface area contributed by atoms with Gasteiger partial charge in [-0.25, -0.2) is 19.7 Å².